The van der Waals surface area contributed by atoms with Gasteiger partial charge in [0.15, 0.2) is 0 Å². The fraction of sp³-hybridized carbons (Fsp3) is 0.464. The van der Waals surface area contributed by atoms with E-state index in [9.17, 15) is 27.5 Å². The molecule has 4 aromatic rings. The molecular formula is C28H30F4N6O3S. The fourth-order valence-electron chi connectivity index (χ4n) is 5.42. The lowest BCUT2D eigenvalue weighted by Crippen LogP contribution is -2.46. The first-order valence-corrected chi connectivity index (χ1v) is 14.5. The number of anilines is 1. The number of nitrogens with zero attached hydrogens (tertiary/aromatic N) is 4. The maximum absolute atomic E-state index is 14.7. The van der Waals surface area contributed by atoms with Gasteiger partial charge in [-0.25, -0.2) is 4.39 Å². The van der Waals surface area contributed by atoms with Crippen molar-refractivity contribution in [3.8, 4) is 11.5 Å². The molecule has 42 heavy (non-hydrogen) atoms. The summed E-state index contributed by atoms with van der Waals surface area (Å²) in [6.07, 6.45) is -3.34. The summed E-state index contributed by atoms with van der Waals surface area (Å²) in [7, 11) is 1.84. The number of halogens is 4. The largest absolute Gasteiger partial charge is 0.406 e. The number of piperidine rings is 1. The summed E-state index contributed by atoms with van der Waals surface area (Å²) in [6.45, 7) is -0.397. The van der Waals surface area contributed by atoms with Crippen LogP contribution in [0.25, 0.3) is 22.4 Å². The average molecular weight is 607 g/mol. The number of carbonyl (C=O) groups is 1. The average Bonchev–Trinajstić information content (AvgIpc) is 3.27. The highest BCUT2D eigenvalue weighted by molar-refractivity contribution is 7.10. The van der Waals surface area contributed by atoms with Crippen molar-refractivity contribution in [3.05, 3.63) is 52.0 Å². The zero-order chi connectivity index (χ0) is 29.6. The molecule has 2 fully saturated rings. The predicted molar refractivity (Wildman–Crippen MR) is 149 cm³/mol. The van der Waals surface area contributed by atoms with Gasteiger partial charge in [-0.15, -0.1) is 11.3 Å². The maximum atomic E-state index is 14.7. The van der Waals surface area contributed by atoms with Crippen LogP contribution in [0, 0.1) is 0 Å². The van der Waals surface area contributed by atoms with Crippen LogP contribution in [0.4, 0.5) is 23.2 Å². The van der Waals surface area contributed by atoms with Crippen LogP contribution in [0.3, 0.4) is 0 Å². The Kier molecular flexibility index (Phi) is 7.48. The molecular weight excluding hydrogens is 576 g/mol. The van der Waals surface area contributed by atoms with Crippen molar-refractivity contribution >= 4 is 33.8 Å². The molecule has 14 heteroatoms. The van der Waals surface area contributed by atoms with Gasteiger partial charge in [-0.1, -0.05) is 11.2 Å². The molecule has 1 saturated heterocycles. The number of rotatable bonds is 9. The first kappa shape index (κ1) is 28.6. The minimum atomic E-state index is -4.53. The smallest absolute Gasteiger partial charge is 0.395 e. The number of hydrogen-bond donors (Lipinski definition) is 3. The number of benzene rings is 1. The number of nitrogens with one attached hydrogen (secondary N) is 2. The minimum Gasteiger partial charge on any atom is -0.395 e. The van der Waals surface area contributed by atoms with Crippen LogP contribution < -0.4 is 10.6 Å². The summed E-state index contributed by atoms with van der Waals surface area (Å²) in [4.78, 5) is 19.8. The van der Waals surface area contributed by atoms with Gasteiger partial charge < -0.3 is 29.7 Å². The Morgan fingerprint density at radius 1 is 1.29 bits per heavy atom. The Balaban J connectivity index is 1.23. The van der Waals surface area contributed by atoms with E-state index in [0.29, 0.717) is 35.1 Å². The van der Waals surface area contributed by atoms with Crippen LogP contribution in [0.15, 0.2) is 40.2 Å². The van der Waals surface area contributed by atoms with Gasteiger partial charge in [-0.2, -0.15) is 18.2 Å². The van der Waals surface area contributed by atoms with E-state index in [1.165, 1.54) is 11.3 Å². The highest BCUT2D eigenvalue weighted by Crippen LogP contribution is 2.49. The van der Waals surface area contributed by atoms with Crippen LogP contribution in [0.2, 0.25) is 0 Å². The van der Waals surface area contributed by atoms with Crippen LogP contribution >= 0.6 is 11.3 Å². The Morgan fingerprint density at radius 3 is 2.81 bits per heavy atom. The number of alkyl halides is 4. The van der Waals surface area contributed by atoms with E-state index < -0.39 is 24.9 Å². The molecule has 0 bridgehead atoms. The van der Waals surface area contributed by atoms with Gasteiger partial charge in [-0.3, -0.25) is 4.79 Å². The van der Waals surface area contributed by atoms with E-state index in [2.05, 4.69) is 20.8 Å². The summed E-state index contributed by atoms with van der Waals surface area (Å²) in [6, 6.07) is 7.74. The number of aliphatic hydroxyl groups excluding tert-OH is 1. The highest BCUT2D eigenvalue weighted by Gasteiger charge is 2.45. The number of hydrogen-bond acceptors (Lipinski definition) is 8. The molecule has 2 atom stereocenters. The van der Waals surface area contributed by atoms with Gasteiger partial charge >= 0.3 is 6.18 Å². The normalized spacial score (nSPS) is 20.6. The third-order valence-corrected chi connectivity index (χ3v) is 9.18. The van der Waals surface area contributed by atoms with Crippen molar-refractivity contribution < 1.29 is 32.0 Å². The fourth-order valence-corrected chi connectivity index (χ4v) is 6.56. The zero-order valence-corrected chi connectivity index (χ0v) is 23.6. The third kappa shape index (κ3) is 5.75. The lowest BCUT2D eigenvalue weighted by molar-refractivity contribution is -0.139. The van der Waals surface area contributed by atoms with Gasteiger partial charge in [0.2, 0.25) is 11.7 Å². The molecule has 9 nitrogen and oxygen atoms in total. The van der Waals surface area contributed by atoms with Crippen molar-refractivity contribution in [2.45, 2.75) is 56.2 Å². The second-order valence-electron chi connectivity index (χ2n) is 11.1. The molecule has 6 rings (SSSR count). The van der Waals surface area contributed by atoms with Crippen LogP contribution in [-0.2, 0) is 18.5 Å². The quantitative estimate of drug-likeness (QED) is 0.237. The van der Waals surface area contributed by atoms with E-state index in [1.54, 1.807) is 35.7 Å². The van der Waals surface area contributed by atoms with E-state index in [1.807, 2.05) is 11.9 Å². The van der Waals surface area contributed by atoms with Crippen LogP contribution in [0.5, 0.6) is 0 Å². The summed E-state index contributed by atoms with van der Waals surface area (Å²) >= 11 is 1.42. The van der Waals surface area contributed by atoms with Crippen molar-refractivity contribution in [2.24, 2.45) is 0 Å². The topological polar surface area (TPSA) is 108 Å². The molecule has 2 aliphatic rings. The van der Waals surface area contributed by atoms with Crippen LogP contribution in [0.1, 0.15) is 40.4 Å². The number of aliphatic hydroxyl groups is 1. The van der Waals surface area contributed by atoms with Crippen LogP contribution in [-0.4, -0.2) is 75.8 Å². The molecule has 3 aromatic heterocycles. The maximum Gasteiger partial charge on any atom is 0.406 e. The second kappa shape index (κ2) is 11.0. The molecule has 224 valence electrons. The minimum absolute atomic E-state index is 0.0246. The molecule has 1 saturated carbocycles. The van der Waals surface area contributed by atoms with E-state index in [0.717, 1.165) is 22.3 Å². The van der Waals surface area contributed by atoms with E-state index in [4.69, 9.17) is 4.52 Å². The molecule has 1 aromatic carbocycles. The summed E-state index contributed by atoms with van der Waals surface area (Å²) in [5.74, 6) is -0.408. The summed E-state index contributed by atoms with van der Waals surface area (Å²) < 4.78 is 62.1. The summed E-state index contributed by atoms with van der Waals surface area (Å²) in [5.41, 5.74) is 1.10. The number of likely N-dealkylation sites (tertiary alicyclic amines) is 1. The van der Waals surface area contributed by atoms with Crippen molar-refractivity contribution in [1.29, 1.82) is 0 Å². The molecule has 4 heterocycles. The SMILES string of the molecule is CN1CC[C@@H](Nc2cccc3c2cc(-c2noc(CNC(=O)c4csc(C5(CO)CC5)c4)n2)n3CC(F)(F)F)[C@@H](F)C1. The first-order valence-electron chi connectivity index (χ1n) is 13.6. The monoisotopic (exact) mass is 606 g/mol. The molecule has 0 spiro atoms. The Hall–Kier alpha value is -3.49. The lowest BCUT2D eigenvalue weighted by Gasteiger charge is -2.33. The second-order valence-corrected chi connectivity index (χ2v) is 12.0. The lowest BCUT2D eigenvalue weighted by atomic mass is 10.0. The number of fused-ring (bicyclic) bond motifs is 1. The van der Waals surface area contributed by atoms with Gasteiger partial charge in [0.25, 0.3) is 5.91 Å². The van der Waals surface area contributed by atoms with Crippen molar-refractivity contribution in [2.75, 3.05) is 32.1 Å². The van der Waals surface area contributed by atoms with Crippen molar-refractivity contribution in [3.63, 3.8) is 0 Å². The summed E-state index contributed by atoms with van der Waals surface area (Å²) in [5, 5.41) is 21.6. The van der Waals surface area contributed by atoms with Gasteiger partial charge in [0.05, 0.1) is 36.0 Å². The number of carbonyl (C=O) groups excluding carboxylic acids is 1. The predicted octanol–water partition coefficient (Wildman–Crippen LogP) is 4.72. The molecule has 0 unspecified atom stereocenters. The number of thiophene rings is 1. The van der Waals surface area contributed by atoms with E-state index >= 15 is 0 Å². The standard InChI is InChI=1S/C28H30F4N6O3S/c1-37-8-5-20(18(29)12-37)34-19-3-2-4-21-17(19)10-22(38(21)14-28(30,31)32)25-35-24(41-36-25)11-33-26(40)16-9-23(42-13-16)27(15-39)6-7-27/h2-4,9-10,13,18,20,34,39H,5-8,11-12,14-15H2,1H3,(H,33,40)/t18-,20+/m0/s1. The molecule has 1 aliphatic carbocycles. The Bertz CT molecular complexity index is 1590. The number of aromatic nitrogens is 3. The van der Waals surface area contributed by atoms with Gasteiger partial charge in [-0.05, 0) is 50.6 Å². The molecule has 1 amide bonds. The molecule has 0 radical (unpaired) electrons. The third-order valence-electron chi connectivity index (χ3n) is 8.01. The Labute approximate surface area is 242 Å². The van der Waals surface area contributed by atoms with E-state index in [-0.39, 0.29) is 48.4 Å². The van der Waals surface area contributed by atoms with Crippen molar-refractivity contribution in [1.82, 2.24) is 24.9 Å². The zero-order valence-electron chi connectivity index (χ0n) is 22.7. The molecule has 1 aliphatic heterocycles. The molecule has 3 N–H and O–H groups in total. The first-order chi connectivity index (χ1) is 20.0. The van der Waals surface area contributed by atoms with Gasteiger partial charge in [0, 0.05) is 39.8 Å². The van der Waals surface area contributed by atoms with Gasteiger partial charge in [0.1, 0.15) is 12.7 Å². The highest BCUT2D eigenvalue weighted by atomic mass is 32.1. The number of amides is 1. The Morgan fingerprint density at radius 2 is 2.10 bits per heavy atom.